The fourth-order valence-corrected chi connectivity index (χ4v) is 3.30. The summed E-state index contributed by atoms with van der Waals surface area (Å²) in [4.78, 5) is 6.78. The molecule has 0 radical (unpaired) electrons. The maximum absolute atomic E-state index is 5.93. The number of methoxy groups -OCH3 is 2. The molecule has 6 nitrogen and oxygen atoms in total. The number of halogens is 1. The number of hydrogen-bond donors (Lipinski definition) is 1. The molecule has 1 aromatic carbocycles. The molecule has 0 spiro atoms. The number of likely N-dealkylation sites (tertiary alicyclic amines) is 1. The number of aliphatic imine (C=N–C) groups is 1. The zero-order chi connectivity index (χ0) is 19.3. The average molecular weight is 505 g/mol. The van der Waals surface area contributed by atoms with Crippen LogP contribution in [0.1, 0.15) is 31.2 Å². The summed E-state index contributed by atoms with van der Waals surface area (Å²) in [7, 11) is 5.29. The van der Waals surface area contributed by atoms with E-state index in [2.05, 4.69) is 27.3 Å². The lowest BCUT2D eigenvalue weighted by molar-refractivity contribution is 0.00991. The van der Waals surface area contributed by atoms with E-state index in [1.54, 1.807) is 14.2 Å². The number of nitrogens with zero attached hydrogens (tertiary/aromatic N) is 2. The molecule has 1 aromatic rings. The minimum absolute atomic E-state index is 0. The number of aryl methyl sites for hydroxylation is 1. The highest BCUT2D eigenvalue weighted by Gasteiger charge is 2.21. The molecule has 1 N–H and O–H groups in total. The minimum Gasteiger partial charge on any atom is -0.497 e. The van der Waals surface area contributed by atoms with Gasteiger partial charge in [-0.3, -0.25) is 4.99 Å². The Morgan fingerprint density at radius 1 is 1.11 bits per heavy atom. The molecule has 0 aliphatic carbocycles. The Hall–Kier alpha value is -1.06. The van der Waals surface area contributed by atoms with E-state index in [1.807, 2.05) is 19.2 Å². The molecule has 0 saturated carbocycles. The minimum atomic E-state index is 0. The van der Waals surface area contributed by atoms with Crippen LogP contribution in [-0.4, -0.2) is 71.1 Å². The van der Waals surface area contributed by atoms with Gasteiger partial charge in [-0.25, -0.2) is 0 Å². The van der Waals surface area contributed by atoms with Crippen LogP contribution in [0.2, 0.25) is 0 Å². The van der Waals surface area contributed by atoms with Gasteiger partial charge in [0.25, 0.3) is 0 Å². The molecule has 0 unspecified atom stereocenters. The number of nitrogens with one attached hydrogen (secondary N) is 1. The van der Waals surface area contributed by atoms with E-state index >= 15 is 0 Å². The lowest BCUT2D eigenvalue weighted by Crippen LogP contribution is -2.47. The van der Waals surface area contributed by atoms with Crippen LogP contribution in [0.5, 0.6) is 5.75 Å². The van der Waals surface area contributed by atoms with Crippen molar-refractivity contribution in [3.05, 3.63) is 29.8 Å². The van der Waals surface area contributed by atoms with Crippen LogP contribution in [0.25, 0.3) is 0 Å². The number of benzene rings is 1. The summed E-state index contributed by atoms with van der Waals surface area (Å²) < 4.78 is 16.2. The van der Waals surface area contributed by atoms with Crippen molar-refractivity contribution in [3.8, 4) is 5.75 Å². The second-order valence-corrected chi connectivity index (χ2v) is 6.83. The number of hydrogen-bond acceptors (Lipinski definition) is 4. The highest BCUT2D eigenvalue weighted by molar-refractivity contribution is 14.0. The smallest absolute Gasteiger partial charge is 0.193 e. The Kier molecular flexibility index (Phi) is 13.3. The van der Waals surface area contributed by atoms with Crippen LogP contribution >= 0.6 is 24.0 Å². The van der Waals surface area contributed by atoms with E-state index in [1.165, 1.54) is 5.56 Å². The molecule has 1 heterocycles. The van der Waals surface area contributed by atoms with Gasteiger partial charge >= 0.3 is 0 Å². The van der Waals surface area contributed by atoms with Crippen molar-refractivity contribution in [1.29, 1.82) is 0 Å². The predicted octanol–water partition coefficient (Wildman–Crippen LogP) is 3.34. The van der Waals surface area contributed by atoms with E-state index in [-0.39, 0.29) is 24.0 Å². The normalized spacial score (nSPS) is 15.2. The van der Waals surface area contributed by atoms with E-state index < -0.39 is 0 Å². The number of guanidine groups is 1. The van der Waals surface area contributed by atoms with E-state index in [4.69, 9.17) is 14.2 Å². The molecule has 0 aromatic heterocycles. The van der Waals surface area contributed by atoms with Crippen molar-refractivity contribution in [2.75, 3.05) is 54.1 Å². The van der Waals surface area contributed by atoms with Gasteiger partial charge < -0.3 is 24.4 Å². The Balaban J connectivity index is 0.00000392. The van der Waals surface area contributed by atoms with E-state index in [9.17, 15) is 0 Å². The summed E-state index contributed by atoms with van der Waals surface area (Å²) in [5.74, 6) is 1.91. The van der Waals surface area contributed by atoms with Crippen molar-refractivity contribution in [2.45, 2.75) is 38.2 Å². The third kappa shape index (κ3) is 8.96. The highest BCUT2D eigenvalue weighted by atomic mass is 127. The molecule has 1 fully saturated rings. The summed E-state index contributed by atoms with van der Waals surface area (Å²) in [5.41, 5.74) is 1.33. The summed E-state index contributed by atoms with van der Waals surface area (Å²) in [6, 6.07) is 8.29. The molecule has 7 heteroatoms. The van der Waals surface area contributed by atoms with Crippen LogP contribution in [0, 0.1) is 0 Å². The molecular formula is C21H36IN3O3. The first-order valence-corrected chi connectivity index (χ1v) is 9.96. The molecule has 0 atom stereocenters. The zero-order valence-corrected chi connectivity index (χ0v) is 19.8. The summed E-state index contributed by atoms with van der Waals surface area (Å²) in [6.07, 6.45) is 5.56. The molecule has 1 aliphatic heterocycles. The molecule has 1 saturated heterocycles. The van der Waals surface area contributed by atoms with Gasteiger partial charge in [-0.2, -0.15) is 0 Å². The van der Waals surface area contributed by atoms with Crippen molar-refractivity contribution in [2.24, 2.45) is 4.99 Å². The average Bonchev–Trinajstić information content (AvgIpc) is 2.72. The Morgan fingerprint density at radius 3 is 2.43 bits per heavy atom. The zero-order valence-electron chi connectivity index (χ0n) is 17.5. The van der Waals surface area contributed by atoms with Gasteiger partial charge in [0, 0.05) is 47.0 Å². The summed E-state index contributed by atoms with van der Waals surface area (Å²) in [6.45, 7) is 4.47. The molecular weight excluding hydrogens is 469 g/mol. The molecule has 160 valence electrons. The largest absolute Gasteiger partial charge is 0.497 e. The maximum atomic E-state index is 5.93. The Morgan fingerprint density at radius 2 is 1.82 bits per heavy atom. The fourth-order valence-electron chi connectivity index (χ4n) is 3.30. The third-order valence-electron chi connectivity index (χ3n) is 4.88. The lowest BCUT2D eigenvalue weighted by Gasteiger charge is -2.34. The first-order chi connectivity index (χ1) is 13.3. The third-order valence-corrected chi connectivity index (χ3v) is 4.88. The standard InChI is InChI=1S/C21H35N3O3.HI/c1-22-21(23-13-4-6-18-7-9-19(26-3)10-8-18)24-14-11-20(12-15-24)27-17-5-16-25-2;/h7-10,20H,4-6,11-17H2,1-3H3,(H,22,23);1H. The lowest BCUT2D eigenvalue weighted by atomic mass is 10.1. The van der Waals surface area contributed by atoms with Gasteiger partial charge in [0.15, 0.2) is 5.96 Å². The molecule has 2 rings (SSSR count). The first-order valence-electron chi connectivity index (χ1n) is 9.96. The van der Waals surface area contributed by atoms with Crippen molar-refractivity contribution >= 4 is 29.9 Å². The molecule has 28 heavy (non-hydrogen) atoms. The second-order valence-electron chi connectivity index (χ2n) is 6.83. The second kappa shape index (κ2) is 14.9. The quantitative estimate of drug-likeness (QED) is 0.229. The van der Waals surface area contributed by atoms with Crippen LogP contribution < -0.4 is 10.1 Å². The number of piperidine rings is 1. The van der Waals surface area contributed by atoms with Crippen LogP contribution in [0.3, 0.4) is 0 Å². The predicted molar refractivity (Wildman–Crippen MR) is 125 cm³/mol. The topological polar surface area (TPSA) is 55.3 Å². The van der Waals surface area contributed by atoms with Crippen LogP contribution in [0.4, 0.5) is 0 Å². The summed E-state index contributed by atoms with van der Waals surface area (Å²) >= 11 is 0. The number of rotatable bonds is 10. The van der Waals surface area contributed by atoms with Gasteiger partial charge in [-0.15, -0.1) is 24.0 Å². The van der Waals surface area contributed by atoms with Gasteiger partial charge in [-0.05, 0) is 49.8 Å². The van der Waals surface area contributed by atoms with Gasteiger partial charge in [-0.1, -0.05) is 12.1 Å². The maximum Gasteiger partial charge on any atom is 0.193 e. The van der Waals surface area contributed by atoms with Crippen LogP contribution in [-0.2, 0) is 15.9 Å². The number of ether oxygens (including phenoxy) is 3. The van der Waals surface area contributed by atoms with Crippen molar-refractivity contribution in [1.82, 2.24) is 10.2 Å². The van der Waals surface area contributed by atoms with E-state index in [0.717, 1.165) is 76.7 Å². The fraction of sp³-hybridized carbons (Fsp3) is 0.667. The Labute approximate surface area is 187 Å². The first kappa shape index (κ1) is 25.0. The molecule has 1 aliphatic rings. The summed E-state index contributed by atoms with van der Waals surface area (Å²) in [5, 5.41) is 3.50. The van der Waals surface area contributed by atoms with Crippen molar-refractivity contribution < 1.29 is 14.2 Å². The van der Waals surface area contributed by atoms with Gasteiger partial charge in [0.05, 0.1) is 13.2 Å². The van der Waals surface area contributed by atoms with Crippen molar-refractivity contribution in [3.63, 3.8) is 0 Å². The van der Waals surface area contributed by atoms with Gasteiger partial charge in [0.1, 0.15) is 5.75 Å². The monoisotopic (exact) mass is 505 g/mol. The Bertz CT molecular complexity index is 546. The van der Waals surface area contributed by atoms with E-state index in [0.29, 0.717) is 6.10 Å². The molecule has 0 bridgehead atoms. The molecule has 0 amide bonds. The van der Waals surface area contributed by atoms with Crippen LogP contribution in [0.15, 0.2) is 29.3 Å². The SMILES string of the molecule is CN=C(NCCCc1ccc(OC)cc1)N1CCC(OCCCOC)CC1.I. The highest BCUT2D eigenvalue weighted by Crippen LogP contribution is 2.15. The van der Waals surface area contributed by atoms with Gasteiger partial charge in [0.2, 0.25) is 0 Å².